The van der Waals surface area contributed by atoms with Crippen molar-refractivity contribution >= 4 is 17.1 Å². The molecule has 28 heavy (non-hydrogen) atoms. The molecular formula is C21H22O7. The molecular weight excluding hydrogens is 364 g/mol. The van der Waals surface area contributed by atoms with Gasteiger partial charge in [0.1, 0.15) is 18.1 Å². The van der Waals surface area contributed by atoms with Gasteiger partial charge in [0.05, 0.1) is 41.1 Å². The van der Waals surface area contributed by atoms with Crippen LogP contribution >= 0.6 is 0 Å². The van der Waals surface area contributed by atoms with Gasteiger partial charge in [-0.2, -0.15) is 0 Å². The molecule has 0 saturated carbocycles. The quantitative estimate of drug-likeness (QED) is 0.677. The standard InChI is InChI=1S/C21H22O7/c1-23-14-6-13(7-15(10-14)24-2)19-16(11-28-21(19)22)12-8-17(25-3)20(27-5)18(9-12)26-4/h6-10H,11H2,1-5H3. The second-order valence-electron chi connectivity index (χ2n) is 5.95. The van der Waals surface area contributed by atoms with Crippen LogP contribution in [0, 0.1) is 0 Å². The maximum atomic E-state index is 12.5. The van der Waals surface area contributed by atoms with E-state index in [0.717, 1.165) is 5.56 Å². The molecule has 7 heteroatoms. The van der Waals surface area contributed by atoms with Crippen molar-refractivity contribution in [3.05, 3.63) is 41.5 Å². The molecule has 2 aromatic carbocycles. The van der Waals surface area contributed by atoms with Crippen LogP contribution in [0.2, 0.25) is 0 Å². The van der Waals surface area contributed by atoms with E-state index < -0.39 is 5.97 Å². The summed E-state index contributed by atoms with van der Waals surface area (Å²) in [6, 6.07) is 8.85. The van der Waals surface area contributed by atoms with Crippen LogP contribution in [0.25, 0.3) is 11.1 Å². The zero-order valence-electron chi connectivity index (χ0n) is 16.5. The van der Waals surface area contributed by atoms with Gasteiger partial charge in [-0.05, 0) is 35.4 Å². The highest BCUT2D eigenvalue weighted by molar-refractivity contribution is 6.27. The van der Waals surface area contributed by atoms with Gasteiger partial charge in [0.2, 0.25) is 5.75 Å². The van der Waals surface area contributed by atoms with E-state index in [2.05, 4.69) is 0 Å². The van der Waals surface area contributed by atoms with Crippen molar-refractivity contribution in [2.24, 2.45) is 0 Å². The van der Waals surface area contributed by atoms with Crippen LogP contribution in [-0.2, 0) is 9.53 Å². The van der Waals surface area contributed by atoms with Crippen LogP contribution in [0.3, 0.4) is 0 Å². The van der Waals surface area contributed by atoms with Gasteiger partial charge in [-0.15, -0.1) is 0 Å². The number of carbonyl (C=O) groups is 1. The zero-order valence-corrected chi connectivity index (χ0v) is 16.5. The molecule has 1 aliphatic heterocycles. The van der Waals surface area contributed by atoms with Gasteiger partial charge in [0.15, 0.2) is 11.5 Å². The van der Waals surface area contributed by atoms with Crippen LogP contribution < -0.4 is 23.7 Å². The van der Waals surface area contributed by atoms with Crippen molar-refractivity contribution in [1.29, 1.82) is 0 Å². The molecule has 7 nitrogen and oxygen atoms in total. The van der Waals surface area contributed by atoms with Gasteiger partial charge in [-0.25, -0.2) is 4.79 Å². The van der Waals surface area contributed by atoms with E-state index in [0.29, 0.717) is 45.5 Å². The fraction of sp³-hybridized carbons (Fsp3) is 0.286. The minimum atomic E-state index is -0.418. The first-order valence-electron chi connectivity index (χ1n) is 8.50. The van der Waals surface area contributed by atoms with E-state index in [1.807, 2.05) is 0 Å². The van der Waals surface area contributed by atoms with Crippen molar-refractivity contribution < 1.29 is 33.2 Å². The summed E-state index contributed by atoms with van der Waals surface area (Å²) in [5, 5.41) is 0. The average molecular weight is 386 g/mol. The lowest BCUT2D eigenvalue weighted by atomic mass is 9.95. The summed E-state index contributed by atoms with van der Waals surface area (Å²) in [5.74, 6) is 2.19. The molecule has 1 heterocycles. The minimum Gasteiger partial charge on any atom is -0.497 e. The van der Waals surface area contributed by atoms with Crippen LogP contribution in [0.1, 0.15) is 11.1 Å². The molecule has 0 aromatic heterocycles. The minimum absolute atomic E-state index is 0.131. The van der Waals surface area contributed by atoms with Crippen molar-refractivity contribution in [2.75, 3.05) is 42.2 Å². The highest BCUT2D eigenvalue weighted by atomic mass is 16.5. The molecule has 0 atom stereocenters. The van der Waals surface area contributed by atoms with E-state index in [9.17, 15) is 4.79 Å². The van der Waals surface area contributed by atoms with Crippen LogP contribution in [0.4, 0.5) is 0 Å². The van der Waals surface area contributed by atoms with Crippen molar-refractivity contribution in [3.8, 4) is 28.7 Å². The Kier molecular flexibility index (Phi) is 5.63. The topological polar surface area (TPSA) is 72.5 Å². The number of carbonyl (C=O) groups excluding carboxylic acids is 1. The van der Waals surface area contributed by atoms with Crippen LogP contribution in [-0.4, -0.2) is 48.1 Å². The van der Waals surface area contributed by atoms with Gasteiger partial charge in [0, 0.05) is 11.6 Å². The van der Waals surface area contributed by atoms with Crippen molar-refractivity contribution in [1.82, 2.24) is 0 Å². The smallest absolute Gasteiger partial charge is 0.339 e. The SMILES string of the molecule is COc1cc(OC)cc(C2=C(c3cc(OC)c(OC)c(OC)c3)COC2=O)c1. The van der Waals surface area contributed by atoms with Gasteiger partial charge in [-0.1, -0.05) is 0 Å². The van der Waals surface area contributed by atoms with Crippen LogP contribution in [0.15, 0.2) is 30.3 Å². The normalized spacial score (nSPS) is 13.2. The summed E-state index contributed by atoms with van der Waals surface area (Å²) < 4.78 is 32.2. The van der Waals surface area contributed by atoms with E-state index in [-0.39, 0.29) is 6.61 Å². The third-order valence-electron chi connectivity index (χ3n) is 4.51. The van der Waals surface area contributed by atoms with Gasteiger partial charge >= 0.3 is 5.97 Å². The molecule has 3 rings (SSSR count). The molecule has 0 bridgehead atoms. The maximum absolute atomic E-state index is 12.5. The molecule has 1 aliphatic rings. The highest BCUT2D eigenvalue weighted by Crippen LogP contribution is 2.43. The monoisotopic (exact) mass is 386 g/mol. The lowest BCUT2D eigenvalue weighted by Crippen LogP contribution is -2.00. The molecule has 0 radical (unpaired) electrons. The van der Waals surface area contributed by atoms with E-state index >= 15 is 0 Å². The van der Waals surface area contributed by atoms with Gasteiger partial charge < -0.3 is 28.4 Å². The van der Waals surface area contributed by atoms with Crippen LogP contribution in [0.5, 0.6) is 28.7 Å². The summed E-state index contributed by atoms with van der Waals surface area (Å²) in [5.41, 5.74) is 2.52. The van der Waals surface area contributed by atoms with Crippen molar-refractivity contribution in [2.45, 2.75) is 0 Å². The first-order chi connectivity index (χ1) is 13.6. The fourth-order valence-electron chi connectivity index (χ4n) is 3.13. The Labute approximate surface area is 163 Å². The molecule has 0 fully saturated rings. The number of benzene rings is 2. The fourth-order valence-corrected chi connectivity index (χ4v) is 3.13. The molecule has 0 spiro atoms. The lowest BCUT2D eigenvalue weighted by Gasteiger charge is -2.15. The first-order valence-corrected chi connectivity index (χ1v) is 8.50. The molecule has 0 N–H and O–H groups in total. The lowest BCUT2D eigenvalue weighted by molar-refractivity contribution is -0.133. The predicted octanol–water partition coefficient (Wildman–Crippen LogP) is 3.20. The Morgan fingerprint density at radius 3 is 1.75 bits per heavy atom. The molecule has 0 unspecified atom stereocenters. The van der Waals surface area contributed by atoms with E-state index in [1.165, 1.54) is 7.11 Å². The number of methoxy groups -OCH3 is 5. The number of esters is 1. The summed E-state index contributed by atoms with van der Waals surface area (Å²) >= 11 is 0. The van der Waals surface area contributed by atoms with E-state index in [1.54, 1.807) is 58.8 Å². The first kappa shape index (κ1) is 19.4. The third kappa shape index (κ3) is 3.43. The Morgan fingerprint density at radius 1 is 0.714 bits per heavy atom. The Morgan fingerprint density at radius 2 is 1.29 bits per heavy atom. The maximum Gasteiger partial charge on any atom is 0.339 e. The second-order valence-corrected chi connectivity index (χ2v) is 5.95. The Bertz CT molecular complexity index is 883. The Hall–Kier alpha value is -3.35. The second kappa shape index (κ2) is 8.12. The Balaban J connectivity index is 2.22. The van der Waals surface area contributed by atoms with Gasteiger partial charge in [0.25, 0.3) is 0 Å². The molecule has 0 aliphatic carbocycles. The summed E-state index contributed by atoms with van der Waals surface area (Å²) in [7, 11) is 7.73. The molecule has 148 valence electrons. The largest absolute Gasteiger partial charge is 0.497 e. The summed E-state index contributed by atoms with van der Waals surface area (Å²) in [6.07, 6.45) is 0. The number of hydrogen-bond donors (Lipinski definition) is 0. The predicted molar refractivity (Wildman–Crippen MR) is 103 cm³/mol. The van der Waals surface area contributed by atoms with Crippen molar-refractivity contribution in [3.63, 3.8) is 0 Å². The third-order valence-corrected chi connectivity index (χ3v) is 4.51. The van der Waals surface area contributed by atoms with Gasteiger partial charge in [-0.3, -0.25) is 0 Å². The number of cyclic esters (lactones) is 1. The molecule has 2 aromatic rings. The number of hydrogen-bond acceptors (Lipinski definition) is 7. The average Bonchev–Trinajstić information content (AvgIpc) is 3.13. The molecule has 0 saturated heterocycles. The zero-order chi connectivity index (χ0) is 20.3. The summed E-state index contributed by atoms with van der Waals surface area (Å²) in [4.78, 5) is 12.5. The number of rotatable bonds is 7. The summed E-state index contributed by atoms with van der Waals surface area (Å²) in [6.45, 7) is 0.131. The highest BCUT2D eigenvalue weighted by Gasteiger charge is 2.29. The van der Waals surface area contributed by atoms with E-state index in [4.69, 9.17) is 28.4 Å². The number of ether oxygens (including phenoxy) is 6. The molecule has 0 amide bonds.